The van der Waals surface area contributed by atoms with Crippen molar-refractivity contribution in [2.75, 3.05) is 11.4 Å². The molecule has 0 saturated heterocycles. The maximum absolute atomic E-state index is 12.6. The molecule has 1 aromatic carbocycles. The number of carbonyl (C=O) groups excluding carboxylic acids is 1. The van der Waals surface area contributed by atoms with Gasteiger partial charge in [-0.2, -0.15) is 0 Å². The zero-order valence-corrected chi connectivity index (χ0v) is 10.9. The van der Waals surface area contributed by atoms with Gasteiger partial charge in [-0.25, -0.2) is 0 Å². The average molecular weight is 244 g/mol. The molecule has 2 N–H and O–H groups in total. The smallest absolute Gasteiger partial charge is 0.247 e. The molecular weight excluding hydrogens is 224 g/mol. The van der Waals surface area contributed by atoms with Crippen LogP contribution in [0.15, 0.2) is 18.2 Å². The Kier molecular flexibility index (Phi) is 2.67. The van der Waals surface area contributed by atoms with Gasteiger partial charge in [-0.3, -0.25) is 4.79 Å². The second-order valence-electron chi connectivity index (χ2n) is 5.65. The molecule has 2 aliphatic rings. The number of hydrogen-bond donors (Lipinski definition) is 1. The lowest BCUT2D eigenvalue weighted by atomic mass is 9.76. The van der Waals surface area contributed by atoms with Crippen LogP contribution in [-0.2, 0) is 11.2 Å². The number of para-hydroxylation sites is 1. The van der Waals surface area contributed by atoms with Gasteiger partial charge in [-0.05, 0) is 50.2 Å². The van der Waals surface area contributed by atoms with Gasteiger partial charge in [-0.1, -0.05) is 18.2 Å². The zero-order valence-electron chi connectivity index (χ0n) is 10.9. The van der Waals surface area contributed by atoms with Crippen LogP contribution in [0.25, 0.3) is 0 Å². The van der Waals surface area contributed by atoms with Crippen LogP contribution in [0.4, 0.5) is 5.69 Å². The third kappa shape index (κ3) is 1.65. The van der Waals surface area contributed by atoms with Gasteiger partial charge in [0.1, 0.15) is 0 Å². The summed E-state index contributed by atoms with van der Waals surface area (Å²) < 4.78 is 0. The van der Waals surface area contributed by atoms with Gasteiger partial charge in [0.2, 0.25) is 5.91 Å². The van der Waals surface area contributed by atoms with Crippen molar-refractivity contribution in [3.63, 3.8) is 0 Å². The van der Waals surface area contributed by atoms with E-state index in [9.17, 15) is 4.79 Å². The number of fused-ring (bicyclic) bond motifs is 1. The van der Waals surface area contributed by atoms with E-state index < -0.39 is 5.54 Å². The normalized spacial score (nSPS) is 21.1. The van der Waals surface area contributed by atoms with E-state index in [1.54, 1.807) is 0 Å². The number of amides is 1. The van der Waals surface area contributed by atoms with Crippen LogP contribution in [0.5, 0.6) is 0 Å². The predicted molar refractivity (Wildman–Crippen MR) is 72.6 cm³/mol. The molecule has 0 atom stereocenters. The minimum absolute atomic E-state index is 0.129. The van der Waals surface area contributed by atoms with Crippen molar-refractivity contribution < 1.29 is 4.79 Å². The Morgan fingerprint density at radius 2 is 2.11 bits per heavy atom. The molecule has 1 aromatic rings. The summed E-state index contributed by atoms with van der Waals surface area (Å²) in [5.74, 6) is 0.129. The minimum Gasteiger partial charge on any atom is -0.317 e. The highest BCUT2D eigenvalue weighted by atomic mass is 16.2. The van der Waals surface area contributed by atoms with E-state index in [1.807, 2.05) is 4.90 Å². The van der Waals surface area contributed by atoms with Crippen molar-refractivity contribution in [3.8, 4) is 0 Å². The fourth-order valence-corrected chi connectivity index (χ4v) is 3.09. The number of rotatable bonds is 1. The molecule has 0 bridgehead atoms. The van der Waals surface area contributed by atoms with Crippen molar-refractivity contribution in [1.82, 2.24) is 0 Å². The molecule has 0 spiro atoms. The third-order valence-electron chi connectivity index (χ3n) is 4.34. The summed E-state index contributed by atoms with van der Waals surface area (Å²) in [5.41, 5.74) is 9.20. The SMILES string of the molecule is Cc1cccc2c1N(C(=O)C1(N)CCC1)CCC2. The molecule has 1 amide bonds. The molecule has 0 radical (unpaired) electrons. The summed E-state index contributed by atoms with van der Waals surface area (Å²) in [5, 5.41) is 0. The molecule has 1 heterocycles. The third-order valence-corrected chi connectivity index (χ3v) is 4.34. The number of aryl methyl sites for hydroxylation is 2. The van der Waals surface area contributed by atoms with Crippen LogP contribution < -0.4 is 10.6 Å². The zero-order chi connectivity index (χ0) is 12.8. The Morgan fingerprint density at radius 1 is 1.33 bits per heavy atom. The molecule has 96 valence electrons. The molecular formula is C15H20N2O. The first-order chi connectivity index (χ1) is 8.62. The van der Waals surface area contributed by atoms with E-state index in [2.05, 4.69) is 25.1 Å². The van der Waals surface area contributed by atoms with Gasteiger partial charge >= 0.3 is 0 Å². The van der Waals surface area contributed by atoms with Crippen LogP contribution in [0, 0.1) is 6.92 Å². The Morgan fingerprint density at radius 3 is 2.78 bits per heavy atom. The first-order valence-electron chi connectivity index (χ1n) is 6.81. The maximum Gasteiger partial charge on any atom is 0.247 e. The first kappa shape index (κ1) is 11.7. The standard InChI is InChI=1S/C15H20N2O/c1-11-5-2-6-12-7-3-10-17(13(11)12)14(18)15(16)8-4-9-15/h2,5-6H,3-4,7-10,16H2,1H3. The van der Waals surface area contributed by atoms with Crippen LogP contribution in [0.1, 0.15) is 36.8 Å². The fourth-order valence-electron chi connectivity index (χ4n) is 3.09. The van der Waals surface area contributed by atoms with Crippen molar-refractivity contribution in [1.29, 1.82) is 0 Å². The highest BCUT2D eigenvalue weighted by Crippen LogP contribution is 2.36. The molecule has 1 aliphatic heterocycles. The summed E-state index contributed by atoms with van der Waals surface area (Å²) in [6.45, 7) is 2.89. The van der Waals surface area contributed by atoms with Gasteiger partial charge < -0.3 is 10.6 Å². The summed E-state index contributed by atoms with van der Waals surface area (Å²) in [7, 11) is 0. The molecule has 3 heteroatoms. The Labute approximate surface area is 108 Å². The number of hydrogen-bond acceptors (Lipinski definition) is 2. The largest absolute Gasteiger partial charge is 0.317 e. The summed E-state index contributed by atoms with van der Waals surface area (Å²) in [6, 6.07) is 6.28. The Hall–Kier alpha value is -1.35. The highest BCUT2D eigenvalue weighted by molar-refractivity contribution is 6.02. The van der Waals surface area contributed by atoms with E-state index in [0.29, 0.717) is 0 Å². The first-order valence-corrected chi connectivity index (χ1v) is 6.81. The van der Waals surface area contributed by atoms with Crippen LogP contribution in [0.3, 0.4) is 0 Å². The van der Waals surface area contributed by atoms with Crippen LogP contribution >= 0.6 is 0 Å². The Bertz CT molecular complexity index is 491. The van der Waals surface area contributed by atoms with Crippen LogP contribution in [-0.4, -0.2) is 18.0 Å². The molecule has 0 unspecified atom stereocenters. The maximum atomic E-state index is 12.6. The summed E-state index contributed by atoms with van der Waals surface area (Å²) in [4.78, 5) is 14.6. The monoisotopic (exact) mass is 244 g/mol. The molecule has 1 aliphatic carbocycles. The topological polar surface area (TPSA) is 46.3 Å². The number of carbonyl (C=O) groups is 1. The number of anilines is 1. The van der Waals surface area contributed by atoms with E-state index >= 15 is 0 Å². The number of benzene rings is 1. The van der Waals surface area contributed by atoms with Crippen molar-refractivity contribution in [2.24, 2.45) is 5.73 Å². The lowest BCUT2D eigenvalue weighted by Crippen LogP contribution is -2.60. The van der Waals surface area contributed by atoms with Gasteiger partial charge in [-0.15, -0.1) is 0 Å². The van der Waals surface area contributed by atoms with Crippen molar-refractivity contribution >= 4 is 11.6 Å². The fraction of sp³-hybridized carbons (Fsp3) is 0.533. The van der Waals surface area contributed by atoms with Gasteiger partial charge in [0.25, 0.3) is 0 Å². The predicted octanol–water partition coefficient (Wildman–Crippen LogP) is 2.16. The summed E-state index contributed by atoms with van der Waals surface area (Å²) >= 11 is 0. The summed E-state index contributed by atoms with van der Waals surface area (Å²) in [6.07, 6.45) is 4.86. The lowest BCUT2D eigenvalue weighted by Gasteiger charge is -2.42. The highest BCUT2D eigenvalue weighted by Gasteiger charge is 2.44. The van der Waals surface area contributed by atoms with E-state index in [1.165, 1.54) is 11.1 Å². The van der Waals surface area contributed by atoms with Gasteiger partial charge in [0.05, 0.1) is 5.54 Å². The van der Waals surface area contributed by atoms with Gasteiger partial charge in [0.15, 0.2) is 0 Å². The molecule has 0 aromatic heterocycles. The second-order valence-corrected chi connectivity index (χ2v) is 5.65. The quantitative estimate of drug-likeness (QED) is 0.823. The van der Waals surface area contributed by atoms with E-state index in [4.69, 9.17) is 5.73 Å². The number of nitrogens with two attached hydrogens (primary N) is 1. The molecule has 3 rings (SSSR count). The second kappa shape index (κ2) is 4.09. The minimum atomic E-state index is -0.586. The average Bonchev–Trinajstić information content (AvgIpc) is 2.35. The van der Waals surface area contributed by atoms with Gasteiger partial charge in [0, 0.05) is 12.2 Å². The molecule has 1 fully saturated rings. The number of nitrogens with zero attached hydrogens (tertiary/aromatic N) is 1. The van der Waals surface area contributed by atoms with E-state index in [0.717, 1.165) is 44.3 Å². The van der Waals surface area contributed by atoms with Crippen molar-refractivity contribution in [2.45, 2.75) is 44.6 Å². The Balaban J connectivity index is 1.98. The lowest BCUT2D eigenvalue weighted by molar-refractivity contribution is -0.126. The van der Waals surface area contributed by atoms with Crippen molar-refractivity contribution in [3.05, 3.63) is 29.3 Å². The molecule has 1 saturated carbocycles. The molecule has 3 nitrogen and oxygen atoms in total. The molecule has 18 heavy (non-hydrogen) atoms. The van der Waals surface area contributed by atoms with Crippen LogP contribution in [0.2, 0.25) is 0 Å². The van der Waals surface area contributed by atoms with E-state index in [-0.39, 0.29) is 5.91 Å².